The molecule has 0 saturated carbocycles. The highest BCUT2D eigenvalue weighted by atomic mass is 19.2. The number of anilines is 3. The lowest BCUT2D eigenvalue weighted by atomic mass is 10.2. The van der Waals surface area contributed by atoms with E-state index in [0.29, 0.717) is 0 Å². The van der Waals surface area contributed by atoms with Crippen LogP contribution in [0.2, 0.25) is 0 Å². The van der Waals surface area contributed by atoms with Crippen molar-refractivity contribution in [2.45, 2.75) is 0 Å². The minimum Gasteiger partial charge on any atom is -0.454 e. The predicted molar refractivity (Wildman–Crippen MR) is 106 cm³/mol. The average Bonchev–Trinajstić information content (AvgIpc) is 2.74. The number of esters is 1. The molecule has 0 spiro atoms. The second-order valence-corrected chi connectivity index (χ2v) is 6.09. The Morgan fingerprint density at radius 1 is 0.828 bits per heavy atom. The van der Waals surface area contributed by atoms with Crippen LogP contribution in [0.1, 0.15) is 0 Å². The summed E-state index contributed by atoms with van der Waals surface area (Å²) in [6.45, 7) is -0.651. The number of nitrogens with zero attached hydrogens (tertiary/aromatic N) is 1. The lowest BCUT2D eigenvalue weighted by Gasteiger charge is -2.24. The van der Waals surface area contributed by atoms with Crippen LogP contribution in [-0.4, -0.2) is 25.0 Å². The standard InChI is InChI=1S/C22H18F2N2O3/c23-19-12-11-16(13-20(19)24)25-21(27)15-29-22(28)14-26(17-7-3-1-4-8-17)18-9-5-2-6-10-18/h1-13H,14-15H2,(H,25,27). The van der Waals surface area contributed by atoms with Crippen LogP contribution in [0.25, 0.3) is 0 Å². The van der Waals surface area contributed by atoms with E-state index in [2.05, 4.69) is 5.32 Å². The molecule has 1 N–H and O–H groups in total. The number of amides is 1. The molecule has 0 fully saturated rings. The van der Waals surface area contributed by atoms with E-state index in [-0.39, 0.29) is 12.2 Å². The van der Waals surface area contributed by atoms with Gasteiger partial charge in [-0.1, -0.05) is 36.4 Å². The fourth-order valence-electron chi connectivity index (χ4n) is 2.64. The molecule has 0 saturated heterocycles. The Balaban J connectivity index is 1.60. The minimum atomic E-state index is -1.08. The second kappa shape index (κ2) is 9.45. The number of nitrogens with one attached hydrogen (secondary N) is 1. The summed E-state index contributed by atoms with van der Waals surface area (Å²) < 4.78 is 31.2. The quantitative estimate of drug-likeness (QED) is 0.606. The predicted octanol–water partition coefficient (Wildman–Crippen LogP) is 4.28. The first-order valence-corrected chi connectivity index (χ1v) is 8.81. The number of carbonyl (C=O) groups excluding carboxylic acids is 2. The molecule has 3 aromatic carbocycles. The number of benzene rings is 3. The number of halogens is 2. The molecule has 5 nitrogen and oxygen atoms in total. The molecule has 0 aliphatic heterocycles. The Labute approximate surface area is 166 Å². The first-order chi connectivity index (χ1) is 14.0. The third-order valence-corrected chi connectivity index (χ3v) is 3.99. The van der Waals surface area contributed by atoms with E-state index < -0.39 is 30.1 Å². The maximum absolute atomic E-state index is 13.2. The fraction of sp³-hybridized carbons (Fsp3) is 0.0909. The molecule has 0 aliphatic carbocycles. The molecule has 1 amide bonds. The van der Waals surface area contributed by atoms with Gasteiger partial charge in [0.25, 0.3) is 5.91 Å². The lowest BCUT2D eigenvalue weighted by molar-refractivity contribution is -0.145. The van der Waals surface area contributed by atoms with Crippen LogP contribution < -0.4 is 10.2 Å². The van der Waals surface area contributed by atoms with Gasteiger partial charge in [-0.25, -0.2) is 8.78 Å². The van der Waals surface area contributed by atoms with Crippen LogP contribution in [-0.2, 0) is 14.3 Å². The van der Waals surface area contributed by atoms with Crippen LogP contribution >= 0.6 is 0 Å². The van der Waals surface area contributed by atoms with E-state index in [1.54, 1.807) is 4.90 Å². The number of hydrogen-bond acceptors (Lipinski definition) is 4. The number of para-hydroxylation sites is 2. The van der Waals surface area contributed by atoms with E-state index in [0.717, 1.165) is 23.5 Å². The van der Waals surface area contributed by atoms with Crippen molar-refractivity contribution in [3.63, 3.8) is 0 Å². The number of hydrogen-bond donors (Lipinski definition) is 1. The average molecular weight is 396 g/mol. The number of rotatable bonds is 7. The van der Waals surface area contributed by atoms with Gasteiger partial charge in [-0.3, -0.25) is 9.59 Å². The Bertz CT molecular complexity index is 942. The van der Waals surface area contributed by atoms with Gasteiger partial charge in [-0.15, -0.1) is 0 Å². The zero-order valence-corrected chi connectivity index (χ0v) is 15.3. The van der Waals surface area contributed by atoms with Gasteiger partial charge in [-0.2, -0.15) is 0 Å². The SMILES string of the molecule is O=C(COC(=O)CN(c1ccccc1)c1ccccc1)Nc1ccc(F)c(F)c1. The topological polar surface area (TPSA) is 58.6 Å². The monoisotopic (exact) mass is 396 g/mol. The molecule has 0 bridgehead atoms. The highest BCUT2D eigenvalue weighted by Gasteiger charge is 2.16. The summed E-state index contributed by atoms with van der Waals surface area (Å²) in [5.74, 6) is -3.37. The van der Waals surface area contributed by atoms with Gasteiger partial charge >= 0.3 is 5.97 Å². The summed E-state index contributed by atoms with van der Waals surface area (Å²) in [6.07, 6.45) is 0. The Hall–Kier alpha value is -3.74. The van der Waals surface area contributed by atoms with Crippen LogP contribution in [0.4, 0.5) is 25.8 Å². The Morgan fingerprint density at radius 2 is 1.41 bits per heavy atom. The van der Waals surface area contributed by atoms with E-state index in [1.807, 2.05) is 60.7 Å². The molecule has 148 valence electrons. The fourth-order valence-corrected chi connectivity index (χ4v) is 2.64. The van der Waals surface area contributed by atoms with Gasteiger partial charge in [0, 0.05) is 23.1 Å². The van der Waals surface area contributed by atoms with Crippen molar-refractivity contribution in [1.29, 1.82) is 0 Å². The number of ether oxygens (including phenoxy) is 1. The molecule has 3 rings (SSSR count). The van der Waals surface area contributed by atoms with Gasteiger partial charge in [-0.05, 0) is 36.4 Å². The molecule has 0 atom stereocenters. The third kappa shape index (κ3) is 5.62. The normalized spacial score (nSPS) is 10.3. The molecule has 0 aromatic heterocycles. The van der Waals surface area contributed by atoms with E-state index in [1.165, 1.54) is 6.07 Å². The maximum atomic E-state index is 13.2. The Kier molecular flexibility index (Phi) is 6.52. The van der Waals surface area contributed by atoms with Gasteiger partial charge in [0.1, 0.15) is 6.54 Å². The zero-order chi connectivity index (χ0) is 20.6. The van der Waals surface area contributed by atoms with Crippen LogP contribution in [0.15, 0.2) is 78.9 Å². The van der Waals surface area contributed by atoms with Crippen molar-refractivity contribution in [2.24, 2.45) is 0 Å². The molecule has 3 aromatic rings. The van der Waals surface area contributed by atoms with Crippen LogP contribution in [0.5, 0.6) is 0 Å². The van der Waals surface area contributed by atoms with E-state index in [9.17, 15) is 18.4 Å². The molecular formula is C22H18F2N2O3. The van der Waals surface area contributed by atoms with E-state index in [4.69, 9.17) is 4.74 Å². The van der Waals surface area contributed by atoms with Crippen LogP contribution in [0, 0.1) is 11.6 Å². The smallest absolute Gasteiger partial charge is 0.326 e. The molecule has 0 heterocycles. The Morgan fingerprint density at radius 3 is 1.97 bits per heavy atom. The number of carbonyl (C=O) groups is 2. The maximum Gasteiger partial charge on any atom is 0.326 e. The summed E-state index contributed by atoms with van der Waals surface area (Å²) in [5, 5.41) is 2.35. The largest absolute Gasteiger partial charge is 0.454 e. The van der Waals surface area contributed by atoms with E-state index >= 15 is 0 Å². The lowest BCUT2D eigenvalue weighted by Crippen LogP contribution is -2.29. The van der Waals surface area contributed by atoms with Gasteiger partial charge in [0.2, 0.25) is 0 Å². The molecule has 0 unspecified atom stereocenters. The second-order valence-electron chi connectivity index (χ2n) is 6.09. The first-order valence-electron chi connectivity index (χ1n) is 8.81. The van der Waals surface area contributed by atoms with Gasteiger partial charge < -0.3 is 15.0 Å². The van der Waals surface area contributed by atoms with Crippen molar-refractivity contribution in [3.8, 4) is 0 Å². The van der Waals surface area contributed by atoms with Gasteiger partial charge in [0.15, 0.2) is 18.2 Å². The summed E-state index contributed by atoms with van der Waals surface area (Å²) in [7, 11) is 0. The summed E-state index contributed by atoms with van der Waals surface area (Å²) in [6, 6.07) is 21.5. The molecule has 29 heavy (non-hydrogen) atoms. The van der Waals surface area contributed by atoms with Crippen molar-refractivity contribution in [2.75, 3.05) is 23.4 Å². The summed E-state index contributed by atoms with van der Waals surface area (Å²) >= 11 is 0. The molecular weight excluding hydrogens is 378 g/mol. The van der Waals surface area contributed by atoms with Crippen molar-refractivity contribution < 1.29 is 23.1 Å². The first kappa shape index (κ1) is 20.0. The summed E-state index contributed by atoms with van der Waals surface area (Å²) in [4.78, 5) is 26.0. The highest BCUT2D eigenvalue weighted by molar-refractivity contribution is 5.93. The zero-order valence-electron chi connectivity index (χ0n) is 15.3. The minimum absolute atomic E-state index is 0.0696. The molecule has 0 aliphatic rings. The van der Waals surface area contributed by atoms with Crippen molar-refractivity contribution in [3.05, 3.63) is 90.5 Å². The van der Waals surface area contributed by atoms with Crippen molar-refractivity contribution >= 4 is 28.9 Å². The van der Waals surface area contributed by atoms with Crippen molar-refractivity contribution in [1.82, 2.24) is 0 Å². The van der Waals surface area contributed by atoms with Crippen LogP contribution in [0.3, 0.4) is 0 Å². The molecule has 7 heteroatoms. The third-order valence-electron chi connectivity index (χ3n) is 3.99. The molecule has 0 radical (unpaired) electrons. The van der Waals surface area contributed by atoms with Gasteiger partial charge in [0.05, 0.1) is 0 Å². The highest BCUT2D eigenvalue weighted by Crippen LogP contribution is 2.24. The summed E-state index contributed by atoms with van der Waals surface area (Å²) in [5.41, 5.74) is 1.66.